The molecular weight excluding hydrogens is 212 g/mol. The number of aliphatic hydroxyl groups excluding tert-OH is 2. The molecule has 3 N–H and O–H groups in total. The van der Waals surface area contributed by atoms with Crippen molar-refractivity contribution in [1.29, 1.82) is 0 Å². The van der Waals surface area contributed by atoms with Crippen LogP contribution in [0, 0.1) is 0 Å². The fraction of sp³-hybridized carbons (Fsp3) is 0.545. The van der Waals surface area contributed by atoms with Crippen molar-refractivity contribution in [2.45, 2.75) is 31.3 Å². The maximum atomic E-state index is 11.7. The van der Waals surface area contributed by atoms with Crippen molar-refractivity contribution in [3.63, 3.8) is 0 Å². The van der Waals surface area contributed by atoms with Crippen LogP contribution in [-0.4, -0.2) is 45.7 Å². The third-order valence-electron chi connectivity index (χ3n) is 3.00. The average Bonchev–Trinajstić information content (AvgIpc) is 2.45. The van der Waals surface area contributed by atoms with Crippen LogP contribution in [0.15, 0.2) is 23.3 Å². The summed E-state index contributed by atoms with van der Waals surface area (Å²) in [5.74, 6) is -0.342. The molecule has 2 rings (SSSR count). The lowest BCUT2D eigenvalue weighted by Crippen LogP contribution is -2.49. The molecule has 16 heavy (non-hydrogen) atoms. The number of fused-ring (bicyclic) bond motifs is 1. The number of aliphatic hydroxyl groups is 3. The standard InChI is InChI=1S/C11H14O5/c1-2-3-6-9-7(12)4-8(13)11(9,15)5-16-10(6)14/h2-3,8,10,13-15H,4-5H2,1H3/b3-2+/t8-,10-,11+/m0/s1. The van der Waals surface area contributed by atoms with E-state index in [4.69, 9.17) is 4.74 Å². The lowest BCUT2D eigenvalue weighted by atomic mass is 9.89. The van der Waals surface area contributed by atoms with Gasteiger partial charge in [-0.05, 0) is 6.92 Å². The van der Waals surface area contributed by atoms with Crippen LogP contribution in [0.5, 0.6) is 0 Å². The van der Waals surface area contributed by atoms with Gasteiger partial charge in [-0.2, -0.15) is 0 Å². The van der Waals surface area contributed by atoms with Crippen molar-refractivity contribution in [2.24, 2.45) is 0 Å². The van der Waals surface area contributed by atoms with Crippen LogP contribution in [0.3, 0.4) is 0 Å². The summed E-state index contributed by atoms with van der Waals surface area (Å²) in [4.78, 5) is 11.7. The van der Waals surface area contributed by atoms with Gasteiger partial charge in [0.05, 0.1) is 12.7 Å². The van der Waals surface area contributed by atoms with Gasteiger partial charge < -0.3 is 20.1 Å². The van der Waals surface area contributed by atoms with E-state index in [2.05, 4.69) is 0 Å². The Hall–Kier alpha value is -1.01. The SMILES string of the molecule is C/C=C/C1=C2C(=O)C[C@H](O)[C@]2(O)CO[C@@H]1O. The lowest BCUT2D eigenvalue weighted by Gasteiger charge is -2.34. The molecule has 0 radical (unpaired) electrons. The summed E-state index contributed by atoms with van der Waals surface area (Å²) in [5.41, 5.74) is -1.36. The molecule has 1 saturated carbocycles. The molecule has 0 bridgehead atoms. The lowest BCUT2D eigenvalue weighted by molar-refractivity contribution is -0.157. The van der Waals surface area contributed by atoms with Crippen molar-refractivity contribution in [2.75, 3.05) is 6.61 Å². The molecule has 88 valence electrons. The molecule has 1 aliphatic heterocycles. The summed E-state index contributed by atoms with van der Waals surface area (Å²) in [6, 6.07) is 0. The van der Waals surface area contributed by atoms with E-state index >= 15 is 0 Å². The third-order valence-corrected chi connectivity index (χ3v) is 3.00. The van der Waals surface area contributed by atoms with Crippen molar-refractivity contribution < 1.29 is 24.9 Å². The molecule has 0 spiro atoms. The molecule has 1 heterocycles. The van der Waals surface area contributed by atoms with Crippen LogP contribution < -0.4 is 0 Å². The van der Waals surface area contributed by atoms with Gasteiger partial charge in [0.15, 0.2) is 12.1 Å². The molecule has 0 amide bonds. The maximum Gasteiger partial charge on any atom is 0.181 e. The number of ketones is 1. The van der Waals surface area contributed by atoms with Crippen molar-refractivity contribution in [1.82, 2.24) is 0 Å². The average molecular weight is 226 g/mol. The highest BCUT2D eigenvalue weighted by molar-refractivity contribution is 6.02. The normalized spacial score (nSPS) is 39.6. The molecule has 1 fully saturated rings. The van der Waals surface area contributed by atoms with Crippen LogP contribution in [0.1, 0.15) is 13.3 Å². The van der Waals surface area contributed by atoms with Gasteiger partial charge in [-0.3, -0.25) is 4.79 Å². The molecule has 0 aromatic rings. The summed E-state index contributed by atoms with van der Waals surface area (Å²) in [6.07, 6.45) is 0.630. The number of ether oxygens (including phenoxy) is 1. The first-order valence-electron chi connectivity index (χ1n) is 5.11. The van der Waals surface area contributed by atoms with Crippen LogP contribution in [0.2, 0.25) is 0 Å². The summed E-state index contributed by atoms with van der Waals surface area (Å²) in [7, 11) is 0. The minimum atomic E-state index is -1.68. The second kappa shape index (κ2) is 3.78. The minimum absolute atomic E-state index is 0.0804. The molecular formula is C11H14O5. The second-order valence-corrected chi connectivity index (χ2v) is 4.06. The zero-order chi connectivity index (χ0) is 11.9. The molecule has 2 aliphatic rings. The van der Waals surface area contributed by atoms with E-state index in [0.717, 1.165) is 0 Å². The molecule has 3 atom stereocenters. The van der Waals surface area contributed by atoms with Crippen molar-refractivity contribution in [3.8, 4) is 0 Å². The Morgan fingerprint density at radius 1 is 1.50 bits per heavy atom. The molecule has 0 saturated heterocycles. The molecule has 5 nitrogen and oxygen atoms in total. The van der Waals surface area contributed by atoms with Crippen molar-refractivity contribution in [3.05, 3.63) is 23.3 Å². The minimum Gasteiger partial charge on any atom is -0.389 e. The monoisotopic (exact) mass is 226 g/mol. The molecule has 0 aromatic heterocycles. The number of hydrogen-bond acceptors (Lipinski definition) is 5. The van der Waals surface area contributed by atoms with E-state index in [9.17, 15) is 20.1 Å². The Morgan fingerprint density at radius 3 is 2.81 bits per heavy atom. The Morgan fingerprint density at radius 2 is 2.19 bits per heavy atom. The van der Waals surface area contributed by atoms with Crippen LogP contribution in [-0.2, 0) is 9.53 Å². The molecule has 0 aromatic carbocycles. The van der Waals surface area contributed by atoms with Gasteiger partial charge in [0.1, 0.15) is 5.60 Å². The van der Waals surface area contributed by atoms with E-state index in [0.29, 0.717) is 0 Å². The van der Waals surface area contributed by atoms with E-state index in [1.807, 2.05) is 0 Å². The van der Waals surface area contributed by atoms with Gasteiger partial charge >= 0.3 is 0 Å². The highest BCUT2D eigenvalue weighted by atomic mass is 16.6. The van der Waals surface area contributed by atoms with E-state index < -0.39 is 18.0 Å². The van der Waals surface area contributed by atoms with E-state index in [1.165, 1.54) is 6.08 Å². The van der Waals surface area contributed by atoms with Gasteiger partial charge in [0, 0.05) is 17.6 Å². The summed E-state index contributed by atoms with van der Waals surface area (Å²) < 4.78 is 4.96. The zero-order valence-corrected chi connectivity index (χ0v) is 8.88. The number of rotatable bonds is 1. The quantitative estimate of drug-likeness (QED) is 0.549. The topological polar surface area (TPSA) is 87.0 Å². The Labute approximate surface area is 92.7 Å². The smallest absolute Gasteiger partial charge is 0.181 e. The fourth-order valence-corrected chi connectivity index (χ4v) is 2.20. The van der Waals surface area contributed by atoms with E-state index in [-0.39, 0.29) is 30.0 Å². The molecule has 0 unspecified atom stereocenters. The van der Waals surface area contributed by atoms with E-state index in [1.54, 1.807) is 13.0 Å². The van der Waals surface area contributed by atoms with Crippen LogP contribution in [0.4, 0.5) is 0 Å². The molecule has 1 aliphatic carbocycles. The number of allylic oxidation sites excluding steroid dienone is 1. The highest BCUT2D eigenvalue weighted by Crippen LogP contribution is 2.39. The largest absolute Gasteiger partial charge is 0.389 e. The van der Waals surface area contributed by atoms with Crippen LogP contribution >= 0.6 is 0 Å². The maximum absolute atomic E-state index is 11.7. The zero-order valence-electron chi connectivity index (χ0n) is 8.88. The summed E-state index contributed by atoms with van der Waals surface area (Å²) >= 11 is 0. The second-order valence-electron chi connectivity index (χ2n) is 4.06. The predicted molar refractivity (Wildman–Crippen MR) is 54.4 cm³/mol. The summed E-state index contributed by atoms with van der Waals surface area (Å²) in [5, 5.41) is 29.4. The molecule has 5 heteroatoms. The Bertz CT molecular complexity index is 384. The fourth-order valence-electron chi connectivity index (χ4n) is 2.20. The Kier molecular flexibility index (Phi) is 2.71. The highest BCUT2D eigenvalue weighted by Gasteiger charge is 2.54. The number of hydrogen-bond donors (Lipinski definition) is 3. The predicted octanol–water partition coefficient (Wildman–Crippen LogP) is -0.728. The first-order chi connectivity index (χ1) is 7.50. The van der Waals surface area contributed by atoms with Gasteiger partial charge in [-0.25, -0.2) is 0 Å². The number of carbonyl (C=O) groups is 1. The van der Waals surface area contributed by atoms with Gasteiger partial charge in [0.25, 0.3) is 0 Å². The van der Waals surface area contributed by atoms with Crippen molar-refractivity contribution >= 4 is 5.78 Å². The van der Waals surface area contributed by atoms with Crippen LogP contribution in [0.25, 0.3) is 0 Å². The third kappa shape index (κ3) is 1.44. The number of Topliss-reactive ketones (excluding diaryl/α,β-unsaturated/α-hetero) is 1. The first kappa shape index (κ1) is 11.5. The van der Waals surface area contributed by atoms with Gasteiger partial charge in [0.2, 0.25) is 0 Å². The summed E-state index contributed by atoms with van der Waals surface area (Å²) in [6.45, 7) is 1.46. The first-order valence-corrected chi connectivity index (χ1v) is 5.11. The Balaban J connectivity index is 2.58. The number of carbonyl (C=O) groups excluding carboxylic acids is 1. The van der Waals surface area contributed by atoms with Gasteiger partial charge in [-0.1, -0.05) is 12.2 Å². The van der Waals surface area contributed by atoms with Gasteiger partial charge in [-0.15, -0.1) is 0 Å².